The molecule has 0 atom stereocenters. The Bertz CT molecular complexity index is 336. The third-order valence-corrected chi connectivity index (χ3v) is 2.64. The van der Waals surface area contributed by atoms with Gasteiger partial charge < -0.3 is 19.8 Å². The number of hydrogen-bond acceptors (Lipinski definition) is 3. The number of furan rings is 1. The Balaban J connectivity index is 2.21. The van der Waals surface area contributed by atoms with Crippen LogP contribution in [-0.2, 0) is 11.3 Å². The van der Waals surface area contributed by atoms with Crippen molar-refractivity contribution in [1.29, 1.82) is 0 Å². The average Bonchev–Trinajstić information content (AvgIpc) is 2.93. The van der Waals surface area contributed by atoms with Crippen LogP contribution in [0.3, 0.4) is 0 Å². The summed E-state index contributed by atoms with van der Waals surface area (Å²) in [6, 6.07) is 3.80. The minimum absolute atomic E-state index is 0.562. The average molecular weight is 267 g/mol. The van der Waals surface area contributed by atoms with E-state index in [2.05, 4.69) is 22.5 Å². The van der Waals surface area contributed by atoms with Crippen LogP contribution >= 0.6 is 0 Å². The van der Waals surface area contributed by atoms with Gasteiger partial charge in [0.2, 0.25) is 0 Å². The van der Waals surface area contributed by atoms with E-state index < -0.39 is 0 Å². The number of unbranched alkanes of at least 4 members (excludes halogenated alkanes) is 2. The predicted octanol–water partition coefficient (Wildman–Crippen LogP) is 2.15. The summed E-state index contributed by atoms with van der Waals surface area (Å²) in [6.07, 6.45) is 5.06. The summed E-state index contributed by atoms with van der Waals surface area (Å²) in [5.41, 5.74) is 0. The van der Waals surface area contributed by atoms with Crippen LogP contribution in [0.4, 0.5) is 0 Å². The molecule has 5 nitrogen and oxygen atoms in total. The van der Waals surface area contributed by atoms with Crippen molar-refractivity contribution in [3.05, 3.63) is 24.2 Å². The van der Waals surface area contributed by atoms with Crippen LogP contribution < -0.4 is 10.6 Å². The van der Waals surface area contributed by atoms with E-state index in [1.54, 1.807) is 13.4 Å². The molecule has 108 valence electrons. The second-order valence-electron chi connectivity index (χ2n) is 4.25. The predicted molar refractivity (Wildman–Crippen MR) is 77.3 cm³/mol. The van der Waals surface area contributed by atoms with Crippen molar-refractivity contribution in [3.63, 3.8) is 0 Å². The maximum absolute atomic E-state index is 5.26. The van der Waals surface area contributed by atoms with Crippen LogP contribution in [0.2, 0.25) is 0 Å². The summed E-state index contributed by atoms with van der Waals surface area (Å²) in [5, 5.41) is 6.54. The second-order valence-corrected chi connectivity index (χ2v) is 4.25. The third kappa shape index (κ3) is 7.51. The van der Waals surface area contributed by atoms with Crippen LogP contribution in [-0.4, -0.2) is 32.8 Å². The van der Waals surface area contributed by atoms with Crippen molar-refractivity contribution in [2.75, 3.05) is 26.8 Å². The SMILES string of the molecule is CCNC(=NCc1ccco1)NCCCCCOC. The fourth-order valence-electron chi connectivity index (χ4n) is 1.66. The number of nitrogens with zero attached hydrogens (tertiary/aromatic N) is 1. The largest absolute Gasteiger partial charge is 0.467 e. The van der Waals surface area contributed by atoms with Crippen molar-refractivity contribution < 1.29 is 9.15 Å². The molecule has 0 saturated carbocycles. The molecule has 1 rings (SSSR count). The zero-order valence-electron chi connectivity index (χ0n) is 11.9. The van der Waals surface area contributed by atoms with Gasteiger partial charge in [0.25, 0.3) is 0 Å². The lowest BCUT2D eigenvalue weighted by atomic mass is 10.2. The Morgan fingerprint density at radius 3 is 2.89 bits per heavy atom. The fourth-order valence-corrected chi connectivity index (χ4v) is 1.66. The number of methoxy groups -OCH3 is 1. The van der Waals surface area contributed by atoms with Crippen molar-refractivity contribution >= 4 is 5.96 Å². The topological polar surface area (TPSA) is 58.8 Å². The van der Waals surface area contributed by atoms with E-state index in [1.807, 2.05) is 12.1 Å². The molecule has 0 spiro atoms. The summed E-state index contributed by atoms with van der Waals surface area (Å²) in [5.74, 6) is 1.71. The first-order chi connectivity index (χ1) is 9.36. The minimum atomic E-state index is 0.562. The zero-order chi connectivity index (χ0) is 13.8. The normalized spacial score (nSPS) is 11.6. The van der Waals surface area contributed by atoms with Gasteiger partial charge in [0.1, 0.15) is 12.3 Å². The molecule has 0 saturated heterocycles. The van der Waals surface area contributed by atoms with Crippen molar-refractivity contribution in [2.45, 2.75) is 32.7 Å². The quantitative estimate of drug-likeness (QED) is 0.409. The molecule has 0 aromatic carbocycles. The molecule has 0 bridgehead atoms. The van der Waals surface area contributed by atoms with E-state index in [1.165, 1.54) is 6.42 Å². The highest BCUT2D eigenvalue weighted by atomic mass is 16.5. The molecule has 0 radical (unpaired) electrons. The van der Waals surface area contributed by atoms with Gasteiger partial charge in [-0.05, 0) is 38.3 Å². The van der Waals surface area contributed by atoms with Gasteiger partial charge in [0, 0.05) is 26.8 Å². The Hall–Kier alpha value is -1.49. The van der Waals surface area contributed by atoms with Gasteiger partial charge in [-0.25, -0.2) is 4.99 Å². The van der Waals surface area contributed by atoms with Gasteiger partial charge in [-0.1, -0.05) is 0 Å². The van der Waals surface area contributed by atoms with Crippen LogP contribution in [0.1, 0.15) is 31.9 Å². The molecule has 1 aromatic rings. The van der Waals surface area contributed by atoms with Gasteiger partial charge in [-0.3, -0.25) is 0 Å². The Kier molecular flexibility index (Phi) is 8.55. The minimum Gasteiger partial charge on any atom is -0.467 e. The molecule has 0 unspecified atom stereocenters. The smallest absolute Gasteiger partial charge is 0.191 e. The van der Waals surface area contributed by atoms with Gasteiger partial charge in [0.05, 0.1) is 6.26 Å². The summed E-state index contributed by atoms with van der Waals surface area (Å²) >= 11 is 0. The van der Waals surface area contributed by atoms with Gasteiger partial charge in [-0.2, -0.15) is 0 Å². The maximum Gasteiger partial charge on any atom is 0.191 e. The molecule has 0 aliphatic rings. The zero-order valence-corrected chi connectivity index (χ0v) is 11.9. The molecule has 5 heteroatoms. The van der Waals surface area contributed by atoms with Crippen LogP contribution in [0.25, 0.3) is 0 Å². The number of rotatable bonds is 9. The van der Waals surface area contributed by atoms with Gasteiger partial charge in [0.15, 0.2) is 5.96 Å². The van der Waals surface area contributed by atoms with E-state index in [4.69, 9.17) is 9.15 Å². The van der Waals surface area contributed by atoms with E-state index in [9.17, 15) is 0 Å². The Morgan fingerprint density at radius 2 is 2.21 bits per heavy atom. The lowest BCUT2D eigenvalue weighted by Crippen LogP contribution is -2.37. The number of hydrogen-bond donors (Lipinski definition) is 2. The maximum atomic E-state index is 5.26. The molecular weight excluding hydrogens is 242 g/mol. The number of aliphatic imine (C=N–C) groups is 1. The van der Waals surface area contributed by atoms with Gasteiger partial charge >= 0.3 is 0 Å². The highest BCUT2D eigenvalue weighted by Crippen LogP contribution is 2.01. The number of nitrogens with one attached hydrogen (secondary N) is 2. The standard InChI is InChI=1S/C14H25N3O2/c1-3-15-14(16-9-5-4-6-10-18-2)17-12-13-8-7-11-19-13/h7-8,11H,3-6,9-10,12H2,1-2H3,(H2,15,16,17). The summed E-state index contributed by atoms with van der Waals surface area (Å²) in [7, 11) is 1.74. The number of ether oxygens (including phenoxy) is 1. The highest BCUT2D eigenvalue weighted by Gasteiger charge is 1.98. The molecule has 0 fully saturated rings. The van der Waals surface area contributed by atoms with E-state index in [0.29, 0.717) is 6.54 Å². The molecule has 0 amide bonds. The molecule has 0 aliphatic heterocycles. The highest BCUT2D eigenvalue weighted by molar-refractivity contribution is 5.79. The van der Waals surface area contributed by atoms with Crippen LogP contribution in [0.5, 0.6) is 0 Å². The molecule has 1 aromatic heterocycles. The molecule has 0 aliphatic carbocycles. The van der Waals surface area contributed by atoms with Gasteiger partial charge in [-0.15, -0.1) is 0 Å². The first-order valence-electron chi connectivity index (χ1n) is 6.90. The van der Waals surface area contributed by atoms with Crippen LogP contribution in [0, 0.1) is 0 Å². The summed E-state index contributed by atoms with van der Waals surface area (Å²) < 4.78 is 10.3. The summed E-state index contributed by atoms with van der Waals surface area (Å²) in [6.45, 7) is 5.24. The lowest BCUT2D eigenvalue weighted by Gasteiger charge is -2.10. The Morgan fingerprint density at radius 1 is 1.32 bits per heavy atom. The Labute approximate surface area is 115 Å². The third-order valence-electron chi connectivity index (χ3n) is 2.64. The lowest BCUT2D eigenvalue weighted by molar-refractivity contribution is 0.192. The molecule has 19 heavy (non-hydrogen) atoms. The first-order valence-corrected chi connectivity index (χ1v) is 6.90. The first kappa shape index (κ1) is 15.6. The molecule has 1 heterocycles. The second kappa shape index (κ2) is 10.4. The number of guanidine groups is 1. The molecular formula is C14H25N3O2. The summed E-state index contributed by atoms with van der Waals surface area (Å²) in [4.78, 5) is 4.47. The molecule has 2 N–H and O–H groups in total. The van der Waals surface area contributed by atoms with Crippen molar-refractivity contribution in [3.8, 4) is 0 Å². The van der Waals surface area contributed by atoms with E-state index >= 15 is 0 Å². The monoisotopic (exact) mass is 267 g/mol. The van der Waals surface area contributed by atoms with Crippen molar-refractivity contribution in [2.24, 2.45) is 4.99 Å². The van der Waals surface area contributed by atoms with Crippen molar-refractivity contribution in [1.82, 2.24) is 10.6 Å². The van der Waals surface area contributed by atoms with E-state index in [-0.39, 0.29) is 0 Å². The van der Waals surface area contributed by atoms with E-state index in [0.717, 1.165) is 44.3 Å². The fraction of sp³-hybridized carbons (Fsp3) is 0.643. The van der Waals surface area contributed by atoms with Crippen LogP contribution in [0.15, 0.2) is 27.8 Å².